The lowest BCUT2D eigenvalue weighted by atomic mass is 10.2. The molecule has 1 heterocycles. The SMILES string of the molecule is CC1CN(C(=O)/C=C/c2cc(Br)ccc2F)CC(C)O1. The summed E-state index contributed by atoms with van der Waals surface area (Å²) in [6.45, 7) is 5.00. The van der Waals surface area contributed by atoms with Crippen LogP contribution in [0, 0.1) is 5.82 Å². The van der Waals surface area contributed by atoms with E-state index >= 15 is 0 Å². The molecule has 0 bridgehead atoms. The van der Waals surface area contributed by atoms with Crippen LogP contribution in [0.1, 0.15) is 19.4 Å². The summed E-state index contributed by atoms with van der Waals surface area (Å²) in [5.74, 6) is -0.465. The molecule has 3 nitrogen and oxygen atoms in total. The van der Waals surface area contributed by atoms with Crippen molar-refractivity contribution in [2.24, 2.45) is 0 Å². The average molecular weight is 342 g/mol. The second-order valence-electron chi connectivity index (χ2n) is 5.00. The maximum atomic E-state index is 13.6. The van der Waals surface area contributed by atoms with Gasteiger partial charge in [0.05, 0.1) is 12.2 Å². The molecule has 1 aromatic carbocycles. The molecule has 0 saturated carbocycles. The molecule has 0 aromatic heterocycles. The molecule has 1 aliphatic rings. The predicted molar refractivity (Wildman–Crippen MR) is 79.7 cm³/mol. The third kappa shape index (κ3) is 3.90. The molecule has 2 atom stereocenters. The minimum absolute atomic E-state index is 0.0266. The Hall–Kier alpha value is -1.20. The largest absolute Gasteiger partial charge is 0.372 e. The van der Waals surface area contributed by atoms with Crippen molar-refractivity contribution >= 4 is 27.9 Å². The van der Waals surface area contributed by atoms with Crippen molar-refractivity contribution in [2.75, 3.05) is 13.1 Å². The van der Waals surface area contributed by atoms with Crippen molar-refractivity contribution < 1.29 is 13.9 Å². The third-order valence-corrected chi connectivity index (χ3v) is 3.59. The first-order valence-electron chi connectivity index (χ1n) is 6.53. The van der Waals surface area contributed by atoms with Crippen LogP contribution in [-0.2, 0) is 9.53 Å². The fourth-order valence-electron chi connectivity index (χ4n) is 2.27. The van der Waals surface area contributed by atoms with Gasteiger partial charge < -0.3 is 9.64 Å². The van der Waals surface area contributed by atoms with E-state index in [1.54, 1.807) is 17.0 Å². The number of carbonyl (C=O) groups is 1. The topological polar surface area (TPSA) is 29.5 Å². The number of ether oxygens (including phenoxy) is 1. The Morgan fingerprint density at radius 3 is 2.70 bits per heavy atom. The third-order valence-electron chi connectivity index (χ3n) is 3.09. The van der Waals surface area contributed by atoms with Crippen LogP contribution in [0.3, 0.4) is 0 Å². The van der Waals surface area contributed by atoms with E-state index in [0.29, 0.717) is 18.7 Å². The Morgan fingerprint density at radius 1 is 1.40 bits per heavy atom. The van der Waals surface area contributed by atoms with E-state index in [1.165, 1.54) is 18.2 Å². The summed E-state index contributed by atoms with van der Waals surface area (Å²) in [6.07, 6.45) is 2.97. The Bertz CT molecular complexity index is 523. The average Bonchev–Trinajstić information content (AvgIpc) is 2.38. The van der Waals surface area contributed by atoms with Gasteiger partial charge in [0, 0.05) is 29.2 Å². The number of carbonyl (C=O) groups excluding carboxylic acids is 1. The number of morpholine rings is 1. The Morgan fingerprint density at radius 2 is 2.05 bits per heavy atom. The van der Waals surface area contributed by atoms with E-state index in [1.807, 2.05) is 13.8 Å². The van der Waals surface area contributed by atoms with Gasteiger partial charge in [0.1, 0.15) is 5.82 Å². The summed E-state index contributed by atoms with van der Waals surface area (Å²) in [7, 11) is 0. The monoisotopic (exact) mass is 341 g/mol. The lowest BCUT2D eigenvalue weighted by molar-refractivity contribution is -0.137. The van der Waals surface area contributed by atoms with Crippen molar-refractivity contribution in [1.29, 1.82) is 0 Å². The minimum Gasteiger partial charge on any atom is -0.372 e. The number of rotatable bonds is 2. The molecular formula is C15H17BrFNO2. The fourth-order valence-corrected chi connectivity index (χ4v) is 2.65. The molecule has 1 aliphatic heterocycles. The Labute approximate surface area is 126 Å². The van der Waals surface area contributed by atoms with Gasteiger partial charge in [0.15, 0.2) is 0 Å². The Kier molecular flexibility index (Phi) is 4.94. The molecule has 0 aliphatic carbocycles. The molecule has 5 heteroatoms. The quantitative estimate of drug-likeness (QED) is 0.773. The van der Waals surface area contributed by atoms with Crippen molar-refractivity contribution in [3.8, 4) is 0 Å². The zero-order valence-electron chi connectivity index (χ0n) is 11.5. The summed E-state index contributed by atoms with van der Waals surface area (Å²) in [5.41, 5.74) is 0.391. The second-order valence-corrected chi connectivity index (χ2v) is 5.92. The first-order valence-corrected chi connectivity index (χ1v) is 7.32. The van der Waals surface area contributed by atoms with Gasteiger partial charge in [-0.3, -0.25) is 4.79 Å². The molecule has 1 aromatic rings. The molecule has 0 spiro atoms. The van der Waals surface area contributed by atoms with Gasteiger partial charge in [0.25, 0.3) is 0 Å². The van der Waals surface area contributed by atoms with E-state index < -0.39 is 0 Å². The lowest BCUT2D eigenvalue weighted by Crippen LogP contribution is -2.47. The molecule has 0 N–H and O–H groups in total. The van der Waals surface area contributed by atoms with Gasteiger partial charge in [-0.25, -0.2) is 4.39 Å². The molecule has 2 unspecified atom stereocenters. The van der Waals surface area contributed by atoms with Crippen molar-refractivity contribution in [2.45, 2.75) is 26.1 Å². The van der Waals surface area contributed by atoms with Crippen LogP contribution in [0.15, 0.2) is 28.7 Å². The molecule has 1 saturated heterocycles. The number of hydrogen-bond donors (Lipinski definition) is 0. The summed E-state index contributed by atoms with van der Waals surface area (Å²) in [4.78, 5) is 13.8. The van der Waals surface area contributed by atoms with E-state index in [2.05, 4.69) is 15.9 Å². The number of amides is 1. The summed E-state index contributed by atoms with van der Waals surface area (Å²) < 4.78 is 19.9. The molecule has 1 amide bonds. The van der Waals surface area contributed by atoms with Gasteiger partial charge in [-0.2, -0.15) is 0 Å². The highest BCUT2D eigenvalue weighted by Gasteiger charge is 2.24. The van der Waals surface area contributed by atoms with Crippen molar-refractivity contribution in [3.63, 3.8) is 0 Å². The second kappa shape index (κ2) is 6.50. The van der Waals surface area contributed by atoms with Gasteiger partial charge in [-0.05, 0) is 38.1 Å². The van der Waals surface area contributed by atoms with Crippen LogP contribution >= 0.6 is 15.9 Å². The number of benzene rings is 1. The standard InChI is InChI=1S/C15H17BrFNO2/c1-10-8-18(9-11(2)20-10)15(19)6-3-12-7-13(16)4-5-14(12)17/h3-7,10-11H,8-9H2,1-2H3/b6-3+. The fraction of sp³-hybridized carbons (Fsp3) is 0.400. The predicted octanol–water partition coefficient (Wildman–Crippen LogP) is 3.24. The highest BCUT2D eigenvalue weighted by atomic mass is 79.9. The van der Waals surface area contributed by atoms with Gasteiger partial charge in [-0.1, -0.05) is 15.9 Å². The van der Waals surface area contributed by atoms with E-state index in [4.69, 9.17) is 4.74 Å². The smallest absolute Gasteiger partial charge is 0.246 e. The first kappa shape index (κ1) is 15.2. The number of hydrogen-bond acceptors (Lipinski definition) is 2. The van der Waals surface area contributed by atoms with E-state index in [-0.39, 0.29) is 23.9 Å². The highest BCUT2D eigenvalue weighted by Crippen LogP contribution is 2.17. The van der Waals surface area contributed by atoms with Crippen molar-refractivity contribution in [3.05, 3.63) is 40.1 Å². The van der Waals surface area contributed by atoms with E-state index in [9.17, 15) is 9.18 Å². The molecular weight excluding hydrogens is 325 g/mol. The summed E-state index contributed by atoms with van der Waals surface area (Å²) >= 11 is 3.28. The summed E-state index contributed by atoms with van der Waals surface area (Å²) in [6, 6.07) is 4.64. The molecule has 108 valence electrons. The molecule has 20 heavy (non-hydrogen) atoms. The van der Waals surface area contributed by atoms with Gasteiger partial charge in [0.2, 0.25) is 5.91 Å². The van der Waals surface area contributed by atoms with Crippen LogP contribution < -0.4 is 0 Å². The van der Waals surface area contributed by atoms with Crippen LogP contribution in [0.2, 0.25) is 0 Å². The summed E-state index contributed by atoms with van der Waals surface area (Å²) in [5, 5.41) is 0. The lowest BCUT2D eigenvalue weighted by Gasteiger charge is -2.34. The zero-order valence-corrected chi connectivity index (χ0v) is 13.1. The minimum atomic E-state index is -0.346. The maximum absolute atomic E-state index is 13.6. The highest BCUT2D eigenvalue weighted by molar-refractivity contribution is 9.10. The van der Waals surface area contributed by atoms with Gasteiger partial charge in [-0.15, -0.1) is 0 Å². The Balaban J connectivity index is 2.07. The number of halogens is 2. The van der Waals surface area contributed by atoms with Crippen molar-refractivity contribution in [1.82, 2.24) is 4.90 Å². The molecule has 1 fully saturated rings. The van der Waals surface area contributed by atoms with Crippen LogP contribution in [0.25, 0.3) is 6.08 Å². The first-order chi connectivity index (χ1) is 9.45. The van der Waals surface area contributed by atoms with Crippen LogP contribution in [-0.4, -0.2) is 36.1 Å². The van der Waals surface area contributed by atoms with Crippen LogP contribution in [0.5, 0.6) is 0 Å². The van der Waals surface area contributed by atoms with E-state index in [0.717, 1.165) is 4.47 Å². The van der Waals surface area contributed by atoms with Gasteiger partial charge >= 0.3 is 0 Å². The number of nitrogens with zero attached hydrogens (tertiary/aromatic N) is 1. The molecule has 0 radical (unpaired) electrons. The van der Waals surface area contributed by atoms with Crippen LogP contribution in [0.4, 0.5) is 4.39 Å². The maximum Gasteiger partial charge on any atom is 0.246 e. The normalized spacial score (nSPS) is 23.3. The zero-order chi connectivity index (χ0) is 14.7. The molecule has 2 rings (SSSR count).